The Balaban J connectivity index is 3.42. The molecule has 0 N–H and O–H groups in total. The lowest BCUT2D eigenvalue weighted by Gasteiger charge is -2.13. The quantitative estimate of drug-likeness (QED) is 0.710. The molecule has 0 aliphatic carbocycles. The number of aryl methyl sites for hydroxylation is 1. The van der Waals surface area contributed by atoms with Gasteiger partial charge in [-0.05, 0) is 30.0 Å². The predicted octanol–water partition coefficient (Wildman–Crippen LogP) is 3.41. The van der Waals surface area contributed by atoms with E-state index in [1.165, 1.54) is 13.2 Å². The average molecular weight is 200 g/mol. The topological polar surface area (TPSA) is 9.23 Å². The zero-order valence-corrected chi connectivity index (χ0v) is 8.82. The number of rotatable bonds is 2. The van der Waals surface area contributed by atoms with E-state index in [0.717, 1.165) is 0 Å². The highest BCUT2D eigenvalue weighted by Crippen LogP contribution is 2.30. The van der Waals surface area contributed by atoms with Crippen LogP contribution in [-0.2, 0) is 0 Å². The Bertz CT molecular complexity index is 346. The van der Waals surface area contributed by atoms with Crippen LogP contribution >= 0.6 is 0 Å². The van der Waals surface area contributed by atoms with Gasteiger partial charge >= 0.3 is 0 Å². The summed E-state index contributed by atoms with van der Waals surface area (Å²) in [5.41, 5.74) is 0.896. The Morgan fingerprint density at radius 1 is 1.21 bits per heavy atom. The van der Waals surface area contributed by atoms with Crippen molar-refractivity contribution in [2.24, 2.45) is 0 Å². The molecule has 1 aromatic rings. The first-order valence-electron chi connectivity index (χ1n) is 4.51. The monoisotopic (exact) mass is 200 g/mol. The van der Waals surface area contributed by atoms with E-state index in [1.807, 2.05) is 13.8 Å². The van der Waals surface area contributed by atoms with Gasteiger partial charge in [0.1, 0.15) is 0 Å². The van der Waals surface area contributed by atoms with E-state index >= 15 is 0 Å². The van der Waals surface area contributed by atoms with Crippen LogP contribution in [-0.4, -0.2) is 7.11 Å². The van der Waals surface area contributed by atoms with Crippen LogP contribution in [0.4, 0.5) is 8.78 Å². The Labute approximate surface area is 82.7 Å². The van der Waals surface area contributed by atoms with Crippen LogP contribution in [0.5, 0.6) is 5.75 Å². The van der Waals surface area contributed by atoms with Crippen LogP contribution in [0.3, 0.4) is 0 Å². The number of methoxy groups -OCH3 is 1. The Morgan fingerprint density at radius 2 is 1.79 bits per heavy atom. The third kappa shape index (κ3) is 1.72. The number of ether oxygens (including phenoxy) is 1. The maximum atomic E-state index is 13.6. The number of halogens is 2. The van der Waals surface area contributed by atoms with Gasteiger partial charge in [0, 0.05) is 0 Å². The fraction of sp³-hybridized carbons (Fsp3) is 0.455. The summed E-state index contributed by atoms with van der Waals surface area (Å²) >= 11 is 0. The zero-order valence-electron chi connectivity index (χ0n) is 8.82. The van der Waals surface area contributed by atoms with Crippen LogP contribution < -0.4 is 4.74 Å². The number of hydrogen-bond donors (Lipinski definition) is 0. The maximum absolute atomic E-state index is 13.6. The number of hydrogen-bond acceptors (Lipinski definition) is 1. The maximum Gasteiger partial charge on any atom is 0.190 e. The van der Waals surface area contributed by atoms with Gasteiger partial charge in [0.25, 0.3) is 0 Å². The summed E-state index contributed by atoms with van der Waals surface area (Å²) in [6.45, 7) is 5.31. The summed E-state index contributed by atoms with van der Waals surface area (Å²) in [5, 5.41) is 0. The molecule has 78 valence electrons. The van der Waals surface area contributed by atoms with Crippen molar-refractivity contribution in [3.05, 3.63) is 28.8 Å². The van der Waals surface area contributed by atoms with E-state index in [-0.39, 0.29) is 11.7 Å². The summed E-state index contributed by atoms with van der Waals surface area (Å²) in [5.74, 6) is -1.48. The van der Waals surface area contributed by atoms with Gasteiger partial charge in [0.15, 0.2) is 17.4 Å². The third-order valence-corrected chi connectivity index (χ3v) is 2.20. The highest BCUT2D eigenvalue weighted by atomic mass is 19.1. The number of benzene rings is 1. The largest absolute Gasteiger partial charge is 0.491 e. The highest BCUT2D eigenvalue weighted by molar-refractivity contribution is 5.39. The molecule has 1 nitrogen and oxygen atoms in total. The molecule has 0 spiro atoms. The minimum atomic E-state index is -0.616. The van der Waals surface area contributed by atoms with E-state index in [4.69, 9.17) is 4.74 Å². The average Bonchev–Trinajstić information content (AvgIpc) is 2.12. The normalized spacial score (nSPS) is 10.8. The van der Waals surface area contributed by atoms with E-state index in [2.05, 4.69) is 0 Å². The molecular weight excluding hydrogens is 186 g/mol. The minimum Gasteiger partial charge on any atom is -0.491 e. The first-order valence-corrected chi connectivity index (χ1v) is 4.51. The molecule has 0 amide bonds. The van der Waals surface area contributed by atoms with E-state index < -0.39 is 11.6 Å². The molecular formula is C11H14F2O. The van der Waals surface area contributed by atoms with E-state index in [1.54, 1.807) is 6.92 Å². The first-order chi connectivity index (χ1) is 6.49. The molecule has 0 saturated carbocycles. The van der Waals surface area contributed by atoms with Gasteiger partial charge in [-0.25, -0.2) is 8.78 Å². The molecule has 0 saturated heterocycles. The second-order valence-corrected chi connectivity index (χ2v) is 3.60. The molecule has 0 radical (unpaired) electrons. The van der Waals surface area contributed by atoms with Crippen LogP contribution in [0.15, 0.2) is 6.07 Å². The SMILES string of the molecule is COc1c(F)c(C)cc(C(C)C)c1F. The van der Waals surface area contributed by atoms with Crippen molar-refractivity contribution < 1.29 is 13.5 Å². The standard InChI is InChI=1S/C11H14F2O/c1-6(2)8-5-7(3)9(12)11(14-4)10(8)13/h5-6H,1-4H3. The van der Waals surface area contributed by atoms with Crippen molar-refractivity contribution in [3.8, 4) is 5.75 Å². The van der Waals surface area contributed by atoms with Crippen LogP contribution in [0, 0.1) is 18.6 Å². The fourth-order valence-electron chi connectivity index (χ4n) is 1.37. The highest BCUT2D eigenvalue weighted by Gasteiger charge is 2.18. The van der Waals surface area contributed by atoms with Gasteiger partial charge in [-0.2, -0.15) is 0 Å². The molecule has 0 aliphatic heterocycles. The molecule has 1 rings (SSSR count). The minimum absolute atomic E-state index is 0.0169. The molecule has 0 heterocycles. The summed E-state index contributed by atoms with van der Waals surface area (Å²) in [6, 6.07) is 1.53. The second-order valence-electron chi connectivity index (χ2n) is 3.60. The summed E-state index contributed by atoms with van der Waals surface area (Å²) in [6.07, 6.45) is 0. The summed E-state index contributed by atoms with van der Waals surface area (Å²) in [7, 11) is 1.27. The molecule has 3 heteroatoms. The van der Waals surface area contributed by atoms with Crippen molar-refractivity contribution in [2.45, 2.75) is 26.7 Å². The molecule has 0 fully saturated rings. The van der Waals surface area contributed by atoms with Gasteiger partial charge in [-0.3, -0.25) is 0 Å². The van der Waals surface area contributed by atoms with Crippen molar-refractivity contribution in [1.29, 1.82) is 0 Å². The Kier molecular flexibility index (Phi) is 3.09. The van der Waals surface area contributed by atoms with Crippen LogP contribution in [0.25, 0.3) is 0 Å². The molecule has 0 aliphatic rings. The van der Waals surface area contributed by atoms with Crippen LogP contribution in [0.1, 0.15) is 30.9 Å². The molecule has 0 atom stereocenters. The van der Waals surface area contributed by atoms with Gasteiger partial charge in [0.05, 0.1) is 7.11 Å². The molecule has 0 bridgehead atoms. The zero-order chi connectivity index (χ0) is 10.9. The molecule has 0 aromatic heterocycles. The Morgan fingerprint density at radius 3 is 2.21 bits per heavy atom. The predicted molar refractivity (Wildman–Crippen MR) is 51.7 cm³/mol. The van der Waals surface area contributed by atoms with Crippen LogP contribution in [0.2, 0.25) is 0 Å². The lowest BCUT2D eigenvalue weighted by atomic mass is 9.99. The fourth-order valence-corrected chi connectivity index (χ4v) is 1.37. The van der Waals surface area contributed by atoms with Crippen molar-refractivity contribution in [2.75, 3.05) is 7.11 Å². The lowest BCUT2D eigenvalue weighted by molar-refractivity contribution is 0.355. The van der Waals surface area contributed by atoms with E-state index in [0.29, 0.717) is 11.1 Å². The van der Waals surface area contributed by atoms with Crippen molar-refractivity contribution in [1.82, 2.24) is 0 Å². The smallest absolute Gasteiger partial charge is 0.190 e. The van der Waals surface area contributed by atoms with Crippen molar-refractivity contribution in [3.63, 3.8) is 0 Å². The summed E-state index contributed by atoms with van der Waals surface area (Å²) < 4.78 is 31.6. The Hall–Kier alpha value is -1.12. The lowest BCUT2D eigenvalue weighted by Crippen LogP contribution is -2.02. The van der Waals surface area contributed by atoms with Gasteiger partial charge in [-0.15, -0.1) is 0 Å². The van der Waals surface area contributed by atoms with Gasteiger partial charge < -0.3 is 4.74 Å². The summed E-state index contributed by atoms with van der Waals surface area (Å²) in [4.78, 5) is 0. The molecule has 14 heavy (non-hydrogen) atoms. The molecule has 1 aromatic carbocycles. The van der Waals surface area contributed by atoms with Gasteiger partial charge in [-0.1, -0.05) is 13.8 Å². The van der Waals surface area contributed by atoms with Crippen molar-refractivity contribution >= 4 is 0 Å². The van der Waals surface area contributed by atoms with Gasteiger partial charge in [0.2, 0.25) is 0 Å². The first kappa shape index (κ1) is 11.0. The van der Waals surface area contributed by atoms with E-state index in [9.17, 15) is 8.78 Å². The molecule has 0 unspecified atom stereocenters. The second kappa shape index (κ2) is 3.95. The third-order valence-electron chi connectivity index (χ3n) is 2.20.